The van der Waals surface area contributed by atoms with Crippen LogP contribution < -0.4 is 30.3 Å². The average Bonchev–Trinajstić information content (AvgIpc) is 3.23. The lowest BCUT2D eigenvalue weighted by Crippen LogP contribution is -2.47. The molecule has 0 bridgehead atoms. The number of carbonyl (C=O) groups excluding carboxylic acids is 2. The van der Waals surface area contributed by atoms with E-state index in [4.69, 9.17) is 81.2 Å². The Morgan fingerprint density at radius 3 is 2.25 bits per heavy atom. The zero-order valence-corrected chi connectivity index (χ0v) is 38.9. The quantitative estimate of drug-likeness (QED) is 0.0263. The van der Waals surface area contributed by atoms with E-state index in [9.17, 15) is 29.1 Å². The minimum Gasteiger partial charge on any atom is -0.489 e. The van der Waals surface area contributed by atoms with E-state index in [0.717, 1.165) is 28.9 Å². The second-order valence-electron chi connectivity index (χ2n) is 13.4. The van der Waals surface area contributed by atoms with Crippen molar-refractivity contribution in [2.75, 3.05) is 54.6 Å². The molecular weight excluding hydrogens is 927 g/mol. The fraction of sp³-hybridized carbons (Fsp3) is 0.341. The number of fused-ring (bicyclic) bond motifs is 1. The van der Waals surface area contributed by atoms with Gasteiger partial charge in [-0.05, 0) is 68.7 Å². The van der Waals surface area contributed by atoms with E-state index in [1.807, 2.05) is 63.2 Å². The van der Waals surface area contributed by atoms with Crippen LogP contribution in [-0.2, 0) is 30.1 Å². The molecule has 0 saturated heterocycles. The number of carbonyl (C=O) groups is 3. The van der Waals surface area contributed by atoms with Crippen LogP contribution in [0.5, 0.6) is 17.2 Å². The standard InChI is InChI=1S/C15H22ClNO2.C12H9ClN2O3.C11H11Cl2NO2.C3H8NO5P/c1-5-13-8-6-7-11(2)15(13)17(14(18)9-16)12(3)10-19-4;13-11-10(18-8-4-2-1-3-5-8)7-6-9(12(11)14)15(16)17;1-7-6-16-9-5-3-2-4-8(9)14(7)11(15)10(12)13;5-3(6)1-4-2-10(7,8)9/h6-8,12H,5,9-10H2,1-4H3;1-7H,14H2;2-5,7,10H,6H2,1H3;4H,1-2H2,(H,5,6)(H2,7,8,9). The van der Waals surface area contributed by atoms with Gasteiger partial charge in [0.05, 0.1) is 47.8 Å². The Kier molecular flexibility index (Phi) is 23.2. The normalized spacial score (nSPS) is 13.3. The van der Waals surface area contributed by atoms with Gasteiger partial charge in [-0.15, -0.1) is 11.6 Å². The summed E-state index contributed by atoms with van der Waals surface area (Å²) < 4.78 is 26.2. The van der Waals surface area contributed by atoms with Crippen molar-refractivity contribution in [2.45, 2.75) is 51.0 Å². The van der Waals surface area contributed by atoms with Gasteiger partial charge >= 0.3 is 13.6 Å². The topological polar surface area (TPSA) is 244 Å². The molecule has 0 saturated carbocycles. The van der Waals surface area contributed by atoms with Gasteiger partial charge in [-0.1, -0.05) is 90.3 Å². The minimum absolute atomic E-state index is 0.0223. The number of carboxylic acid groups (broad SMARTS) is 1. The van der Waals surface area contributed by atoms with Crippen molar-refractivity contribution < 1.29 is 53.0 Å². The van der Waals surface area contributed by atoms with E-state index in [1.54, 1.807) is 41.2 Å². The summed E-state index contributed by atoms with van der Waals surface area (Å²) in [4.78, 5) is 62.6. The Morgan fingerprint density at radius 2 is 1.70 bits per heavy atom. The van der Waals surface area contributed by atoms with Crippen LogP contribution in [0.25, 0.3) is 0 Å². The van der Waals surface area contributed by atoms with Crippen molar-refractivity contribution in [3.63, 3.8) is 0 Å². The summed E-state index contributed by atoms with van der Waals surface area (Å²) in [6, 6.07) is 24.9. The van der Waals surface area contributed by atoms with E-state index in [-0.39, 0.29) is 51.9 Å². The first-order valence-electron chi connectivity index (χ1n) is 18.9. The van der Waals surface area contributed by atoms with Gasteiger partial charge in [0.15, 0.2) is 4.84 Å². The van der Waals surface area contributed by atoms with Crippen LogP contribution in [0.4, 0.5) is 22.7 Å². The van der Waals surface area contributed by atoms with Gasteiger partial charge in [0.2, 0.25) is 5.91 Å². The van der Waals surface area contributed by atoms with Crippen LogP contribution in [0.1, 0.15) is 31.9 Å². The molecule has 4 aromatic rings. The van der Waals surface area contributed by atoms with Crippen molar-refractivity contribution in [3.8, 4) is 17.2 Å². The highest BCUT2D eigenvalue weighted by Gasteiger charge is 2.32. The number of rotatable bonds is 14. The molecule has 17 nitrogen and oxygen atoms in total. The lowest BCUT2D eigenvalue weighted by Gasteiger charge is -2.35. The molecule has 2 atom stereocenters. The number of nitrogens with zero attached hydrogens (tertiary/aromatic N) is 3. The molecule has 0 spiro atoms. The highest BCUT2D eigenvalue weighted by atomic mass is 35.5. The number of methoxy groups -OCH3 is 1. The Bertz CT molecular complexity index is 2190. The molecule has 0 aliphatic carbocycles. The molecule has 0 radical (unpaired) electrons. The molecule has 22 heteroatoms. The maximum atomic E-state index is 12.2. The Hall–Kier alpha value is -4.68. The summed E-state index contributed by atoms with van der Waals surface area (Å²) in [5.41, 5.74) is 9.18. The lowest BCUT2D eigenvalue weighted by atomic mass is 10.0. The summed E-state index contributed by atoms with van der Waals surface area (Å²) >= 11 is 22.9. The van der Waals surface area contributed by atoms with Gasteiger partial charge in [-0.3, -0.25) is 34.4 Å². The molecule has 5 rings (SSSR count). The monoisotopic (exact) mass is 975 g/mol. The molecule has 2 unspecified atom stereocenters. The molecule has 1 aliphatic heterocycles. The van der Waals surface area contributed by atoms with Crippen molar-refractivity contribution in [1.82, 2.24) is 5.32 Å². The molecule has 6 N–H and O–H groups in total. The van der Waals surface area contributed by atoms with Gasteiger partial charge in [0.1, 0.15) is 40.4 Å². The number of aryl methyl sites for hydroxylation is 2. The average molecular weight is 978 g/mol. The molecule has 4 aromatic carbocycles. The van der Waals surface area contributed by atoms with Crippen LogP contribution in [0, 0.1) is 17.0 Å². The van der Waals surface area contributed by atoms with Gasteiger partial charge in [0.25, 0.3) is 11.6 Å². The van der Waals surface area contributed by atoms with Crippen LogP contribution in [0.3, 0.4) is 0 Å². The van der Waals surface area contributed by atoms with Crippen molar-refractivity contribution in [3.05, 3.63) is 111 Å². The number of hydrogen-bond acceptors (Lipinski definition) is 11. The highest BCUT2D eigenvalue weighted by molar-refractivity contribution is 7.51. The Labute approximate surface area is 385 Å². The highest BCUT2D eigenvalue weighted by Crippen LogP contribution is 2.39. The number of hydrogen-bond donors (Lipinski definition) is 5. The number of carboxylic acids is 1. The van der Waals surface area contributed by atoms with Crippen molar-refractivity contribution in [1.29, 1.82) is 0 Å². The number of nitrogens with one attached hydrogen (secondary N) is 1. The van der Waals surface area contributed by atoms with Gasteiger partial charge in [-0.25, -0.2) is 0 Å². The lowest BCUT2D eigenvalue weighted by molar-refractivity contribution is -0.383. The number of aliphatic carboxylic acids is 1. The summed E-state index contributed by atoms with van der Waals surface area (Å²) in [6.45, 7) is 8.46. The van der Waals surface area contributed by atoms with E-state index in [0.29, 0.717) is 24.7 Å². The number of halogens is 4. The number of benzene rings is 4. The Morgan fingerprint density at radius 1 is 1.06 bits per heavy atom. The maximum absolute atomic E-state index is 12.2. The summed E-state index contributed by atoms with van der Waals surface area (Å²) in [6.07, 6.45) is 0.280. The number of nitrogen functional groups attached to an aromatic ring is 1. The van der Waals surface area contributed by atoms with E-state index < -0.39 is 36.2 Å². The first-order chi connectivity index (χ1) is 29.7. The largest absolute Gasteiger partial charge is 0.489 e. The first-order valence-corrected chi connectivity index (χ1v) is 22.5. The number of nitro groups is 1. The van der Waals surface area contributed by atoms with Crippen LogP contribution >= 0.6 is 54.0 Å². The van der Waals surface area contributed by atoms with Crippen LogP contribution in [0.2, 0.25) is 5.02 Å². The Balaban J connectivity index is 0.000000296. The van der Waals surface area contributed by atoms with Crippen molar-refractivity contribution >= 4 is 94.5 Å². The number of nitrogens with two attached hydrogens (primary N) is 1. The molecule has 1 aliphatic rings. The number of ether oxygens (including phenoxy) is 3. The van der Waals surface area contributed by atoms with Gasteiger partial charge in [-0.2, -0.15) is 0 Å². The third kappa shape index (κ3) is 17.4. The minimum atomic E-state index is -4.10. The predicted molar refractivity (Wildman–Crippen MR) is 246 cm³/mol. The number of para-hydroxylation sites is 4. The predicted octanol–water partition coefficient (Wildman–Crippen LogP) is 8.19. The van der Waals surface area contributed by atoms with Crippen LogP contribution in [0.15, 0.2) is 84.9 Å². The number of amides is 2. The van der Waals surface area contributed by atoms with E-state index in [1.165, 1.54) is 12.1 Å². The summed E-state index contributed by atoms with van der Waals surface area (Å²) in [7, 11) is -2.46. The van der Waals surface area contributed by atoms with Crippen LogP contribution in [-0.4, -0.2) is 93.6 Å². The molecular formula is C41H50Cl4N5O12P. The van der Waals surface area contributed by atoms with Gasteiger partial charge < -0.3 is 44.6 Å². The summed E-state index contributed by atoms with van der Waals surface area (Å²) in [5, 5.41) is 20.8. The molecule has 0 aromatic heterocycles. The number of alkyl halides is 3. The molecule has 2 amide bonds. The molecule has 1 heterocycles. The number of nitro benzene ring substituents is 1. The zero-order chi connectivity index (χ0) is 47.4. The SMILES string of the molecule is CC1COc2ccccc2N1C(=O)C(Cl)Cl.CCc1cccc(C)c1N(C(=O)CCl)C(C)COC.Nc1c([N+](=O)[O-])ccc(Oc2ccccc2)c1Cl.O=C(O)CNCP(=O)(O)O. The maximum Gasteiger partial charge on any atom is 0.339 e. The second-order valence-corrected chi connectivity index (χ2v) is 16.8. The van der Waals surface area contributed by atoms with E-state index in [2.05, 4.69) is 18.3 Å². The summed E-state index contributed by atoms with van der Waals surface area (Å²) in [5.74, 6) is -0.0252. The molecule has 0 fully saturated rings. The third-order valence-corrected chi connectivity index (χ3v) is 10.2. The van der Waals surface area contributed by atoms with Crippen molar-refractivity contribution in [2.24, 2.45) is 0 Å². The number of anilines is 3. The molecule has 344 valence electrons. The zero-order valence-electron chi connectivity index (χ0n) is 35.0. The third-order valence-electron chi connectivity index (χ3n) is 8.53. The smallest absolute Gasteiger partial charge is 0.339 e. The first kappa shape index (κ1) is 54.5. The van der Waals surface area contributed by atoms with E-state index >= 15 is 0 Å². The molecule has 63 heavy (non-hydrogen) atoms. The fourth-order valence-electron chi connectivity index (χ4n) is 5.79. The second kappa shape index (κ2) is 26.8. The van der Waals surface area contributed by atoms with Gasteiger partial charge in [0, 0.05) is 13.2 Å². The fourth-order valence-corrected chi connectivity index (χ4v) is 6.73.